The monoisotopic (exact) mass is 412 g/mol. The van der Waals surface area contributed by atoms with Crippen molar-refractivity contribution in [1.82, 2.24) is 19.7 Å². The number of hydrogen-bond acceptors (Lipinski definition) is 5. The minimum absolute atomic E-state index is 0.258. The summed E-state index contributed by atoms with van der Waals surface area (Å²) in [6.45, 7) is 2.76. The largest absolute Gasteiger partial charge is 0.351 e. The Balaban J connectivity index is 1.51. The maximum absolute atomic E-state index is 6.16. The van der Waals surface area contributed by atoms with Gasteiger partial charge in [0.05, 0.1) is 17.8 Å². The van der Waals surface area contributed by atoms with Crippen molar-refractivity contribution in [2.45, 2.75) is 51.2 Å². The van der Waals surface area contributed by atoms with Gasteiger partial charge in [-0.1, -0.05) is 48.5 Å². The average Bonchev–Trinajstić information content (AvgIpc) is 3.14. The first-order valence-electron chi connectivity index (χ1n) is 11.0. The number of nitrogens with one attached hydrogen (secondary N) is 1. The van der Waals surface area contributed by atoms with Gasteiger partial charge in [0.15, 0.2) is 0 Å². The lowest BCUT2D eigenvalue weighted by molar-refractivity contribution is 0.408. The van der Waals surface area contributed by atoms with Crippen LogP contribution < -0.4 is 11.1 Å². The number of anilines is 1. The molecular weight excluding hydrogens is 384 g/mol. The van der Waals surface area contributed by atoms with E-state index in [1.54, 1.807) is 0 Å². The maximum Gasteiger partial charge on any atom is 0.223 e. The molecule has 6 heteroatoms. The van der Waals surface area contributed by atoms with E-state index in [0.29, 0.717) is 12.0 Å². The molecule has 2 atom stereocenters. The molecule has 4 aromatic rings. The molecule has 3 N–H and O–H groups in total. The van der Waals surface area contributed by atoms with Crippen LogP contribution in [-0.2, 0) is 6.54 Å². The Labute approximate surface area is 182 Å². The van der Waals surface area contributed by atoms with E-state index in [4.69, 9.17) is 15.8 Å². The van der Waals surface area contributed by atoms with Crippen LogP contribution in [0.1, 0.15) is 36.8 Å². The zero-order chi connectivity index (χ0) is 21.2. The predicted octanol–water partition coefficient (Wildman–Crippen LogP) is 4.53. The Kier molecular flexibility index (Phi) is 5.38. The molecule has 1 aliphatic carbocycles. The van der Waals surface area contributed by atoms with E-state index in [2.05, 4.69) is 63.5 Å². The van der Waals surface area contributed by atoms with Crippen LogP contribution in [0.25, 0.3) is 22.3 Å². The normalized spacial score (nSPS) is 18.9. The molecular formula is C25H28N6. The third-order valence-corrected chi connectivity index (χ3v) is 6.08. The summed E-state index contributed by atoms with van der Waals surface area (Å²) in [6.07, 6.45) is 6.20. The average molecular weight is 413 g/mol. The van der Waals surface area contributed by atoms with E-state index in [1.807, 2.05) is 19.2 Å². The Hall–Kier alpha value is -3.25. The molecule has 6 nitrogen and oxygen atoms in total. The van der Waals surface area contributed by atoms with Gasteiger partial charge in [0, 0.05) is 23.7 Å². The first-order chi connectivity index (χ1) is 15.2. The summed E-state index contributed by atoms with van der Waals surface area (Å²) in [4.78, 5) is 9.43. The van der Waals surface area contributed by atoms with Gasteiger partial charge in [-0.15, -0.1) is 0 Å². The van der Waals surface area contributed by atoms with Crippen LogP contribution in [0.3, 0.4) is 0 Å². The Morgan fingerprint density at radius 2 is 1.84 bits per heavy atom. The lowest BCUT2D eigenvalue weighted by Crippen LogP contribution is -2.35. The second-order valence-electron chi connectivity index (χ2n) is 8.50. The Bertz CT molecular complexity index is 1180. The van der Waals surface area contributed by atoms with Gasteiger partial charge >= 0.3 is 0 Å². The molecule has 1 saturated carbocycles. The number of fused-ring (bicyclic) bond motifs is 1. The molecule has 2 heterocycles. The fourth-order valence-electron chi connectivity index (χ4n) is 4.47. The van der Waals surface area contributed by atoms with E-state index in [9.17, 15) is 0 Å². The molecule has 0 saturated heterocycles. The quantitative estimate of drug-likeness (QED) is 0.503. The summed E-state index contributed by atoms with van der Waals surface area (Å²) in [7, 11) is 0. The third kappa shape index (κ3) is 4.16. The number of nitrogens with zero attached hydrogens (tertiary/aromatic N) is 4. The molecule has 1 aliphatic rings. The van der Waals surface area contributed by atoms with Gasteiger partial charge in [0.1, 0.15) is 5.69 Å². The van der Waals surface area contributed by atoms with E-state index < -0.39 is 0 Å². The summed E-state index contributed by atoms with van der Waals surface area (Å²) in [6, 6.07) is 19.3. The van der Waals surface area contributed by atoms with Crippen LogP contribution in [0.2, 0.25) is 0 Å². The highest BCUT2D eigenvalue weighted by molar-refractivity contribution is 5.93. The van der Waals surface area contributed by atoms with Gasteiger partial charge in [-0.25, -0.2) is 9.97 Å². The molecule has 0 unspecified atom stereocenters. The van der Waals surface area contributed by atoms with Gasteiger partial charge in [-0.3, -0.25) is 4.68 Å². The summed E-state index contributed by atoms with van der Waals surface area (Å²) >= 11 is 0. The van der Waals surface area contributed by atoms with E-state index in [1.165, 1.54) is 5.56 Å². The van der Waals surface area contributed by atoms with Crippen LogP contribution in [-0.4, -0.2) is 31.8 Å². The standard InChI is InChI=1S/C25H28N6/c1-17-15-27-25(28-20-11-7-10-19(26)14-20)29-23(17)24-21-12-5-6-13-22(21)31(30-24)16-18-8-3-2-4-9-18/h2-6,8-9,12-13,15,19-20H,7,10-11,14,16,26H2,1H3,(H,27,28,29)/t19-,20+/m0/s1. The van der Waals surface area contributed by atoms with Crippen molar-refractivity contribution in [2.75, 3.05) is 5.32 Å². The number of benzene rings is 2. The fraction of sp³-hybridized carbons (Fsp3) is 0.320. The highest BCUT2D eigenvalue weighted by Crippen LogP contribution is 2.30. The number of rotatable bonds is 5. The van der Waals surface area contributed by atoms with Crippen molar-refractivity contribution in [3.63, 3.8) is 0 Å². The Morgan fingerprint density at radius 1 is 1.03 bits per heavy atom. The SMILES string of the molecule is Cc1cnc(N[C@@H]2CCC[C@H](N)C2)nc1-c1nn(Cc2ccccc2)c2ccccc12. The van der Waals surface area contributed by atoms with Crippen LogP contribution >= 0.6 is 0 Å². The molecule has 0 spiro atoms. The van der Waals surface area contributed by atoms with Crippen molar-refractivity contribution in [3.05, 3.63) is 71.9 Å². The summed E-state index contributed by atoms with van der Waals surface area (Å²) in [5, 5.41) is 9.60. The molecule has 0 aliphatic heterocycles. The molecule has 2 aromatic heterocycles. The van der Waals surface area contributed by atoms with Crippen molar-refractivity contribution in [2.24, 2.45) is 5.73 Å². The van der Waals surface area contributed by atoms with Gasteiger partial charge in [-0.2, -0.15) is 5.10 Å². The molecule has 5 rings (SSSR count). The smallest absolute Gasteiger partial charge is 0.223 e. The van der Waals surface area contributed by atoms with Gasteiger partial charge in [0.2, 0.25) is 5.95 Å². The van der Waals surface area contributed by atoms with Crippen molar-refractivity contribution in [1.29, 1.82) is 0 Å². The second-order valence-corrected chi connectivity index (χ2v) is 8.50. The summed E-state index contributed by atoms with van der Waals surface area (Å²) in [5.74, 6) is 0.654. The zero-order valence-electron chi connectivity index (χ0n) is 17.8. The van der Waals surface area contributed by atoms with E-state index in [-0.39, 0.29) is 6.04 Å². The first kappa shape index (κ1) is 19.7. The second kappa shape index (κ2) is 8.47. The molecule has 0 radical (unpaired) electrons. The fourth-order valence-corrected chi connectivity index (χ4v) is 4.47. The zero-order valence-corrected chi connectivity index (χ0v) is 17.8. The topological polar surface area (TPSA) is 81.7 Å². The van der Waals surface area contributed by atoms with Crippen molar-refractivity contribution in [3.8, 4) is 11.4 Å². The number of aromatic nitrogens is 4. The van der Waals surface area contributed by atoms with Crippen LogP contribution in [0, 0.1) is 6.92 Å². The van der Waals surface area contributed by atoms with Crippen LogP contribution in [0.5, 0.6) is 0 Å². The highest BCUT2D eigenvalue weighted by atomic mass is 15.3. The van der Waals surface area contributed by atoms with Crippen molar-refractivity contribution >= 4 is 16.9 Å². The van der Waals surface area contributed by atoms with E-state index >= 15 is 0 Å². The summed E-state index contributed by atoms with van der Waals surface area (Å²) in [5.41, 5.74) is 11.3. The molecule has 2 aromatic carbocycles. The lowest BCUT2D eigenvalue weighted by Gasteiger charge is -2.27. The maximum atomic E-state index is 6.16. The van der Waals surface area contributed by atoms with Gasteiger partial charge < -0.3 is 11.1 Å². The number of nitrogens with two attached hydrogens (primary N) is 1. The van der Waals surface area contributed by atoms with Gasteiger partial charge in [-0.05, 0) is 49.8 Å². The van der Waals surface area contributed by atoms with Crippen LogP contribution in [0.15, 0.2) is 60.8 Å². The molecule has 0 bridgehead atoms. The number of para-hydroxylation sites is 1. The summed E-state index contributed by atoms with van der Waals surface area (Å²) < 4.78 is 2.06. The molecule has 31 heavy (non-hydrogen) atoms. The molecule has 1 fully saturated rings. The first-order valence-corrected chi connectivity index (χ1v) is 11.0. The minimum Gasteiger partial charge on any atom is -0.351 e. The van der Waals surface area contributed by atoms with Gasteiger partial charge in [0.25, 0.3) is 0 Å². The molecule has 0 amide bonds. The lowest BCUT2D eigenvalue weighted by atomic mass is 9.92. The third-order valence-electron chi connectivity index (χ3n) is 6.08. The Morgan fingerprint density at radius 3 is 2.68 bits per heavy atom. The predicted molar refractivity (Wildman–Crippen MR) is 125 cm³/mol. The van der Waals surface area contributed by atoms with Crippen LogP contribution in [0.4, 0.5) is 5.95 Å². The number of hydrogen-bond donors (Lipinski definition) is 2. The van der Waals surface area contributed by atoms with E-state index in [0.717, 1.165) is 60.1 Å². The minimum atomic E-state index is 0.258. The highest BCUT2D eigenvalue weighted by Gasteiger charge is 2.21. The van der Waals surface area contributed by atoms with Crippen molar-refractivity contribution < 1.29 is 0 Å². The number of aryl methyl sites for hydroxylation is 1. The molecule has 158 valence electrons.